The van der Waals surface area contributed by atoms with Crippen LogP contribution in [0.5, 0.6) is 0 Å². The van der Waals surface area contributed by atoms with E-state index in [0.717, 1.165) is 0 Å². The molecule has 34 heavy (non-hydrogen) atoms. The second-order valence-electron chi connectivity index (χ2n) is 10.1. The van der Waals surface area contributed by atoms with Crippen LogP contribution in [0.3, 0.4) is 0 Å². The topological polar surface area (TPSA) is 0 Å². The first-order valence-corrected chi connectivity index (χ1v) is 18.4. The van der Waals surface area contributed by atoms with Crippen LogP contribution in [0, 0.1) is 0 Å². The van der Waals surface area contributed by atoms with Gasteiger partial charge in [-0.25, -0.2) is 0 Å². The Bertz CT molecular complexity index is 1130. The highest BCUT2D eigenvalue weighted by molar-refractivity contribution is 7.06. The van der Waals surface area contributed by atoms with E-state index in [0.29, 0.717) is 5.92 Å². The molecule has 0 amide bonds. The molecule has 0 heterocycles. The summed E-state index contributed by atoms with van der Waals surface area (Å²) in [5, 5.41) is 4.91. The maximum absolute atomic E-state index is 2.64. The van der Waals surface area contributed by atoms with Crippen molar-refractivity contribution in [2.24, 2.45) is 0 Å². The standard InChI is InChI=1S/C32H38Si2/c1-5-33(3,26-30(27-18-10-7-11-19-27)28-20-12-8-13-21-28)31-24-16-17-25-32(31)34(4,6-2)29-22-14-9-15-23-29/h7-25,30H,5-6,26H2,1-4H3/t33-,34+/m1/s1. The maximum atomic E-state index is 2.64. The molecule has 0 aliphatic heterocycles. The van der Waals surface area contributed by atoms with Crippen molar-refractivity contribution in [1.29, 1.82) is 0 Å². The summed E-state index contributed by atoms with van der Waals surface area (Å²) in [5.41, 5.74) is 2.88. The van der Waals surface area contributed by atoms with Crippen molar-refractivity contribution >= 4 is 31.7 Å². The van der Waals surface area contributed by atoms with Crippen LogP contribution in [-0.4, -0.2) is 16.1 Å². The minimum absolute atomic E-state index is 0.429. The van der Waals surface area contributed by atoms with Crippen molar-refractivity contribution in [1.82, 2.24) is 0 Å². The summed E-state index contributed by atoms with van der Waals surface area (Å²) in [4.78, 5) is 0. The molecule has 4 rings (SSSR count). The van der Waals surface area contributed by atoms with Gasteiger partial charge < -0.3 is 0 Å². The summed E-state index contributed by atoms with van der Waals surface area (Å²) in [7, 11) is -3.62. The van der Waals surface area contributed by atoms with Crippen LogP contribution < -0.4 is 15.6 Å². The quantitative estimate of drug-likeness (QED) is 0.226. The van der Waals surface area contributed by atoms with Crippen molar-refractivity contribution in [3.05, 3.63) is 126 Å². The average Bonchev–Trinajstić information content (AvgIpc) is 2.92. The van der Waals surface area contributed by atoms with Crippen molar-refractivity contribution in [3.63, 3.8) is 0 Å². The SMILES string of the molecule is CC[Si@](C)(CC(c1ccccc1)c1ccccc1)c1ccccc1[Si@@](C)(CC)c1ccccc1. The first kappa shape index (κ1) is 24.4. The molecule has 0 nitrogen and oxygen atoms in total. The highest BCUT2D eigenvalue weighted by Gasteiger charge is 2.39. The van der Waals surface area contributed by atoms with Gasteiger partial charge in [0.25, 0.3) is 0 Å². The molecule has 4 aromatic carbocycles. The Balaban J connectivity index is 1.83. The minimum atomic E-state index is -1.82. The van der Waals surface area contributed by atoms with Crippen molar-refractivity contribution in [3.8, 4) is 0 Å². The van der Waals surface area contributed by atoms with Crippen molar-refractivity contribution in [2.75, 3.05) is 0 Å². The molecule has 0 bridgehead atoms. The Kier molecular flexibility index (Phi) is 7.70. The van der Waals surface area contributed by atoms with Gasteiger partial charge in [0.05, 0.1) is 8.07 Å². The fourth-order valence-corrected chi connectivity index (χ4v) is 13.9. The van der Waals surface area contributed by atoms with Crippen LogP contribution in [0.25, 0.3) is 0 Å². The Morgan fingerprint density at radius 3 is 1.44 bits per heavy atom. The van der Waals surface area contributed by atoms with Gasteiger partial charge in [0.2, 0.25) is 0 Å². The van der Waals surface area contributed by atoms with Gasteiger partial charge in [-0.15, -0.1) is 0 Å². The molecule has 0 radical (unpaired) electrons. The molecule has 0 aliphatic carbocycles. The zero-order valence-electron chi connectivity index (χ0n) is 21.2. The zero-order valence-corrected chi connectivity index (χ0v) is 23.2. The molecular weight excluding hydrogens is 441 g/mol. The van der Waals surface area contributed by atoms with E-state index in [4.69, 9.17) is 0 Å². The van der Waals surface area contributed by atoms with Gasteiger partial charge in [-0.3, -0.25) is 0 Å². The molecule has 0 fully saturated rings. The van der Waals surface area contributed by atoms with Gasteiger partial charge in [-0.2, -0.15) is 0 Å². The Morgan fingerprint density at radius 2 is 0.971 bits per heavy atom. The first-order valence-electron chi connectivity index (χ1n) is 12.8. The van der Waals surface area contributed by atoms with E-state index in [1.165, 1.54) is 29.3 Å². The van der Waals surface area contributed by atoms with E-state index in [1.807, 2.05) is 0 Å². The minimum Gasteiger partial charge on any atom is -0.0675 e. The lowest BCUT2D eigenvalue weighted by Gasteiger charge is -2.38. The smallest absolute Gasteiger partial charge is 0.0675 e. The lowest BCUT2D eigenvalue weighted by atomic mass is 9.93. The molecule has 0 N–H and O–H groups in total. The van der Waals surface area contributed by atoms with Gasteiger partial charge in [-0.05, 0) is 17.2 Å². The van der Waals surface area contributed by atoms with E-state index >= 15 is 0 Å². The number of hydrogen-bond donors (Lipinski definition) is 0. The summed E-state index contributed by atoms with van der Waals surface area (Å²) < 4.78 is 0. The molecule has 0 saturated carbocycles. The summed E-state index contributed by atoms with van der Waals surface area (Å²) in [6.45, 7) is 10.1. The normalized spacial score (nSPS) is 15.0. The van der Waals surface area contributed by atoms with Gasteiger partial charge in [0.15, 0.2) is 0 Å². The van der Waals surface area contributed by atoms with Crippen LogP contribution in [0.15, 0.2) is 115 Å². The van der Waals surface area contributed by atoms with Gasteiger partial charge >= 0.3 is 0 Å². The first-order chi connectivity index (χ1) is 16.5. The predicted molar refractivity (Wildman–Crippen MR) is 156 cm³/mol. The van der Waals surface area contributed by atoms with E-state index < -0.39 is 16.1 Å². The molecule has 0 aromatic heterocycles. The molecule has 0 aliphatic rings. The molecule has 0 saturated heterocycles. The Hall–Kier alpha value is -2.69. The third-order valence-corrected chi connectivity index (χ3v) is 17.6. The lowest BCUT2D eigenvalue weighted by Crippen LogP contribution is -2.65. The average molecular weight is 479 g/mol. The third-order valence-electron chi connectivity index (χ3n) is 8.13. The van der Waals surface area contributed by atoms with E-state index in [1.54, 1.807) is 15.6 Å². The number of hydrogen-bond acceptors (Lipinski definition) is 0. The van der Waals surface area contributed by atoms with E-state index in [-0.39, 0.29) is 0 Å². The monoisotopic (exact) mass is 478 g/mol. The molecule has 0 spiro atoms. The zero-order chi connectivity index (χ0) is 24.0. The fraction of sp³-hybridized carbons (Fsp3) is 0.250. The fourth-order valence-electron chi connectivity index (χ4n) is 5.54. The number of rotatable bonds is 9. The van der Waals surface area contributed by atoms with Crippen molar-refractivity contribution in [2.45, 2.75) is 51.0 Å². The molecule has 0 unspecified atom stereocenters. The second-order valence-corrected chi connectivity index (χ2v) is 19.4. The maximum Gasteiger partial charge on any atom is 0.114 e. The lowest BCUT2D eigenvalue weighted by molar-refractivity contribution is 0.895. The molecule has 174 valence electrons. The summed E-state index contributed by atoms with van der Waals surface area (Å²) >= 11 is 0. The third kappa shape index (κ3) is 4.89. The molecular formula is C32H38Si2. The van der Waals surface area contributed by atoms with Crippen LogP contribution in [0.4, 0.5) is 0 Å². The molecule has 4 aromatic rings. The van der Waals surface area contributed by atoms with Crippen LogP contribution >= 0.6 is 0 Å². The van der Waals surface area contributed by atoms with Crippen molar-refractivity contribution < 1.29 is 0 Å². The van der Waals surface area contributed by atoms with E-state index in [9.17, 15) is 0 Å². The Morgan fingerprint density at radius 1 is 0.529 bits per heavy atom. The van der Waals surface area contributed by atoms with Crippen LogP contribution in [-0.2, 0) is 0 Å². The summed E-state index contributed by atoms with van der Waals surface area (Å²) in [5.74, 6) is 0.429. The van der Waals surface area contributed by atoms with E-state index in [2.05, 4.69) is 142 Å². The second kappa shape index (κ2) is 10.7. The van der Waals surface area contributed by atoms with Crippen LogP contribution in [0.2, 0.25) is 31.2 Å². The summed E-state index contributed by atoms with van der Waals surface area (Å²) in [6.07, 6.45) is 0. The molecule has 2 atom stereocenters. The highest BCUT2D eigenvalue weighted by Crippen LogP contribution is 2.34. The highest BCUT2D eigenvalue weighted by atomic mass is 28.3. The van der Waals surface area contributed by atoms with Gasteiger partial charge in [0.1, 0.15) is 8.07 Å². The van der Waals surface area contributed by atoms with Crippen LogP contribution in [0.1, 0.15) is 30.9 Å². The van der Waals surface area contributed by atoms with Gasteiger partial charge in [0, 0.05) is 5.92 Å². The van der Waals surface area contributed by atoms with Gasteiger partial charge in [-0.1, -0.05) is 170 Å². The molecule has 2 heteroatoms. The number of benzene rings is 4. The predicted octanol–water partition coefficient (Wildman–Crippen LogP) is 7.04. The summed E-state index contributed by atoms with van der Waals surface area (Å²) in [6, 6.07) is 46.9. The largest absolute Gasteiger partial charge is 0.114 e. The Labute approximate surface area is 208 Å².